The number of halogens is 9. The third kappa shape index (κ3) is 23.3. The lowest BCUT2D eigenvalue weighted by atomic mass is 10.2. The summed E-state index contributed by atoms with van der Waals surface area (Å²) in [5.74, 6) is 0.856. The van der Waals surface area contributed by atoms with Gasteiger partial charge in [-0.25, -0.2) is 85.3 Å². The summed E-state index contributed by atoms with van der Waals surface area (Å²) in [4.78, 5) is 74.0. The largest absolute Gasteiger partial charge is 0.417 e. The van der Waals surface area contributed by atoms with Crippen LogP contribution in [0.1, 0.15) is 53.4 Å². The Hall–Kier alpha value is -8.52. The second-order valence-corrected chi connectivity index (χ2v) is 28.3. The average molecular weight is 1470 g/mol. The van der Waals surface area contributed by atoms with Gasteiger partial charge in [0.2, 0.25) is 49.3 Å². The first kappa shape index (κ1) is 77.8. The summed E-state index contributed by atoms with van der Waals surface area (Å²) in [5, 5.41) is 30.6. The molecule has 0 bridgehead atoms. The minimum absolute atomic E-state index is 0.0894. The number of sulfonamides is 3. The zero-order chi connectivity index (χ0) is 72.2. The van der Waals surface area contributed by atoms with Crippen LogP contribution < -0.4 is 14.7 Å². The predicted octanol–water partition coefficient (Wildman–Crippen LogP) is 3.57. The molecule has 540 valence electrons. The molecule has 3 atom stereocenters. The van der Waals surface area contributed by atoms with Crippen molar-refractivity contribution in [3.63, 3.8) is 0 Å². The zero-order valence-electron chi connectivity index (χ0n) is 52.4. The van der Waals surface area contributed by atoms with Gasteiger partial charge in [-0.2, -0.15) is 52.4 Å². The Morgan fingerprint density at radius 2 is 0.596 bits per heavy atom. The van der Waals surface area contributed by atoms with Crippen molar-refractivity contribution in [1.82, 2.24) is 73.0 Å². The van der Waals surface area contributed by atoms with E-state index in [9.17, 15) is 94.8 Å². The molecule has 3 amide bonds. The minimum Gasteiger partial charge on any atom is -0.354 e. The SMILES string of the molecule is O=CN(O)C(CCc1ncccn1)CS(=O)(=O)N1CCN(c2ccc(C(F)(F)F)cn2)CC1.O=CN(O)[C@@H](CCc1ncccn1)CS(=O)(=O)N1CCN(c2ccc(C(F)(F)F)cn2)CC1.O=CN(O)[C@H](CCc1ncccn1)CS(=O)(=O)N1CCN(c2ccc(C(F)(F)F)cn2)CC1. The molecule has 99 heavy (non-hydrogen) atoms. The number of hydroxylamine groups is 6. The third-order valence-corrected chi connectivity index (χ3v) is 21.6. The van der Waals surface area contributed by atoms with Gasteiger partial charge in [0.15, 0.2) is 0 Å². The number of carbonyl (C=O) groups excluding carboxylic acids is 3. The number of amides is 3. The van der Waals surface area contributed by atoms with Gasteiger partial charge in [0.05, 0.1) is 52.1 Å². The first-order valence-corrected chi connectivity index (χ1v) is 35.0. The van der Waals surface area contributed by atoms with E-state index in [1.54, 1.807) is 32.9 Å². The van der Waals surface area contributed by atoms with Gasteiger partial charge in [-0.05, 0) is 73.9 Å². The van der Waals surface area contributed by atoms with E-state index in [-0.39, 0.29) is 136 Å². The highest BCUT2D eigenvalue weighted by Crippen LogP contribution is 2.33. The topological polar surface area (TPSA) is 359 Å². The molecule has 9 heterocycles. The summed E-state index contributed by atoms with van der Waals surface area (Å²) in [5.41, 5.74) is -2.57. The Bertz CT molecular complexity index is 3450. The van der Waals surface area contributed by atoms with Gasteiger partial charge in [0.25, 0.3) is 0 Å². The summed E-state index contributed by atoms with van der Waals surface area (Å²) in [6.07, 6.45) is -0.343. The molecule has 42 heteroatoms. The summed E-state index contributed by atoms with van der Waals surface area (Å²) in [6, 6.07) is 8.47. The van der Waals surface area contributed by atoms with E-state index < -0.39 is 101 Å². The molecule has 6 aromatic rings. The molecule has 6 aromatic heterocycles. The van der Waals surface area contributed by atoms with Crippen LogP contribution in [0.5, 0.6) is 0 Å². The normalized spacial score (nSPS) is 16.4. The number of carbonyl (C=O) groups is 3. The van der Waals surface area contributed by atoms with Gasteiger partial charge in [-0.15, -0.1) is 0 Å². The van der Waals surface area contributed by atoms with E-state index in [0.717, 1.165) is 36.8 Å². The molecule has 1 unspecified atom stereocenters. The van der Waals surface area contributed by atoms with Crippen molar-refractivity contribution >= 4 is 66.8 Å². The zero-order valence-corrected chi connectivity index (χ0v) is 54.8. The predicted molar refractivity (Wildman–Crippen MR) is 332 cm³/mol. The number of aromatic nitrogens is 9. The van der Waals surface area contributed by atoms with Crippen molar-refractivity contribution in [2.45, 2.75) is 75.2 Å². The number of piperazine rings is 3. The maximum Gasteiger partial charge on any atom is 0.417 e. The molecule has 3 fully saturated rings. The van der Waals surface area contributed by atoms with Crippen LogP contribution in [-0.2, 0) is 82.2 Å². The second kappa shape index (κ2) is 35.0. The molecule has 9 rings (SSSR count). The highest BCUT2D eigenvalue weighted by molar-refractivity contribution is 7.89. The lowest BCUT2D eigenvalue weighted by Gasteiger charge is -2.35. The van der Waals surface area contributed by atoms with Gasteiger partial charge >= 0.3 is 18.5 Å². The second-order valence-electron chi connectivity index (χ2n) is 22.2. The van der Waals surface area contributed by atoms with Gasteiger partial charge in [-0.1, -0.05) is 0 Å². The monoisotopic (exact) mass is 1460 g/mol. The number of hydrogen-bond acceptors (Lipinski definition) is 24. The van der Waals surface area contributed by atoms with Gasteiger partial charge in [0.1, 0.15) is 34.9 Å². The number of rotatable bonds is 27. The van der Waals surface area contributed by atoms with E-state index >= 15 is 0 Å². The number of anilines is 3. The van der Waals surface area contributed by atoms with Crippen molar-refractivity contribution < 1.29 is 94.8 Å². The smallest absolute Gasteiger partial charge is 0.354 e. The summed E-state index contributed by atoms with van der Waals surface area (Å²) >= 11 is 0. The maximum atomic E-state index is 12.9. The molecular weight excluding hydrogens is 1400 g/mol. The lowest BCUT2D eigenvalue weighted by Crippen LogP contribution is -2.51. The number of aryl methyl sites for hydroxylation is 3. The van der Waals surface area contributed by atoms with E-state index in [4.69, 9.17) is 0 Å². The Morgan fingerprint density at radius 1 is 0.374 bits per heavy atom. The first-order chi connectivity index (χ1) is 46.8. The summed E-state index contributed by atoms with van der Waals surface area (Å²) in [7, 11) is -11.5. The molecule has 0 aromatic carbocycles. The quantitative estimate of drug-likeness (QED) is 0.0287. The van der Waals surface area contributed by atoms with Crippen LogP contribution >= 0.6 is 0 Å². The third-order valence-electron chi connectivity index (χ3n) is 15.7. The Balaban J connectivity index is 0.000000209. The average Bonchev–Trinajstić information content (AvgIpc) is 0.826. The molecule has 3 N–H and O–H groups in total. The molecular formula is C57H69F9N18O12S3. The van der Waals surface area contributed by atoms with Crippen molar-refractivity contribution in [1.29, 1.82) is 0 Å². The van der Waals surface area contributed by atoms with Crippen LogP contribution in [0, 0.1) is 0 Å². The highest BCUT2D eigenvalue weighted by atomic mass is 32.2. The Labute approximate surface area is 562 Å². The lowest BCUT2D eigenvalue weighted by molar-refractivity contribution is -0.159. The van der Waals surface area contributed by atoms with Crippen LogP contribution in [0.4, 0.5) is 57.0 Å². The van der Waals surface area contributed by atoms with Gasteiger partial charge in [-0.3, -0.25) is 30.0 Å². The van der Waals surface area contributed by atoms with E-state index in [2.05, 4.69) is 44.9 Å². The summed E-state index contributed by atoms with van der Waals surface area (Å²) < 4.78 is 195. The molecule has 30 nitrogen and oxygen atoms in total. The van der Waals surface area contributed by atoms with Gasteiger partial charge in [0, 0.05) is 154 Å². The van der Waals surface area contributed by atoms with Crippen molar-refractivity contribution in [3.8, 4) is 0 Å². The summed E-state index contributed by atoms with van der Waals surface area (Å²) in [6.45, 7) is 1.93. The molecule has 0 saturated carbocycles. The van der Waals surface area contributed by atoms with Crippen LogP contribution in [0.2, 0.25) is 0 Å². The van der Waals surface area contributed by atoms with Crippen LogP contribution in [0.15, 0.2) is 110 Å². The Morgan fingerprint density at radius 3 is 0.778 bits per heavy atom. The fraction of sp³-hybridized carbons (Fsp3) is 0.474. The van der Waals surface area contributed by atoms with Crippen molar-refractivity contribution in [2.24, 2.45) is 0 Å². The molecule has 0 aliphatic carbocycles. The van der Waals surface area contributed by atoms with E-state index in [1.165, 1.54) is 68.3 Å². The highest BCUT2D eigenvalue weighted by Gasteiger charge is 2.38. The van der Waals surface area contributed by atoms with Gasteiger partial charge < -0.3 is 14.7 Å². The fourth-order valence-electron chi connectivity index (χ4n) is 10.3. The minimum atomic E-state index is -4.48. The number of alkyl halides is 9. The maximum absolute atomic E-state index is 12.9. The fourth-order valence-corrected chi connectivity index (χ4v) is 15.5. The van der Waals surface area contributed by atoms with Crippen LogP contribution in [0.3, 0.4) is 0 Å². The van der Waals surface area contributed by atoms with Crippen LogP contribution in [0.25, 0.3) is 0 Å². The molecule has 3 aliphatic rings. The Kier molecular flexibility index (Phi) is 27.5. The van der Waals surface area contributed by atoms with E-state index in [1.807, 2.05) is 0 Å². The number of hydrogen-bond donors (Lipinski definition) is 3. The standard InChI is InChI=1S/3C19H23F3N6O4S/c3*20-19(21,22)15-2-5-18(25-12-15)26-8-10-27(11-9-26)33(31,32)13-16(28(30)14-29)3-4-17-23-6-1-7-24-17/h3*1-2,5-7,12,14,16,30H,3-4,8-11,13H2/t2*16-;/m10./s1. The molecule has 0 spiro atoms. The molecule has 0 radical (unpaired) electrons. The van der Waals surface area contributed by atoms with Crippen molar-refractivity contribution in [3.05, 3.63) is 145 Å². The van der Waals surface area contributed by atoms with E-state index in [0.29, 0.717) is 50.1 Å². The first-order valence-electron chi connectivity index (χ1n) is 30.1. The molecule has 3 saturated heterocycles. The van der Waals surface area contributed by atoms with Crippen molar-refractivity contribution in [2.75, 3.05) is 110 Å². The number of pyridine rings is 3. The number of nitrogens with zero attached hydrogens (tertiary/aromatic N) is 18. The van der Waals surface area contributed by atoms with Crippen LogP contribution in [-0.4, -0.2) is 247 Å². The molecule has 3 aliphatic heterocycles.